The van der Waals surface area contributed by atoms with Crippen molar-refractivity contribution in [3.05, 3.63) is 220 Å². The molecule has 0 saturated carbocycles. The van der Waals surface area contributed by atoms with Crippen LogP contribution in [0, 0.1) is 6.85 Å². The second-order valence-corrected chi connectivity index (χ2v) is 20.4. The van der Waals surface area contributed by atoms with Gasteiger partial charge in [0.15, 0.2) is 0 Å². The number of rotatable bonds is 4. The van der Waals surface area contributed by atoms with Gasteiger partial charge in [-0.25, -0.2) is 0 Å². The lowest BCUT2D eigenvalue weighted by atomic mass is 9.68. The van der Waals surface area contributed by atoms with Crippen LogP contribution in [0.25, 0.3) is 44.5 Å². The molecule has 0 aliphatic heterocycles. The third-order valence-electron chi connectivity index (χ3n) is 14.3. The Bertz CT molecular complexity index is 3180. The van der Waals surface area contributed by atoms with Gasteiger partial charge < -0.3 is 4.90 Å². The number of hydrogen-bond donors (Lipinski definition) is 0. The number of anilines is 3. The molecule has 0 heterocycles. The van der Waals surface area contributed by atoms with Gasteiger partial charge in [-0.15, -0.1) is 0 Å². The first-order chi connectivity index (χ1) is 30.9. The molecule has 8 aromatic rings. The molecule has 3 aliphatic carbocycles. The first kappa shape index (κ1) is 35.2. The summed E-state index contributed by atoms with van der Waals surface area (Å²) in [5, 5.41) is 0. The van der Waals surface area contributed by atoms with Gasteiger partial charge in [0.1, 0.15) is 0 Å². The molecule has 0 aromatic heterocycles. The Labute approximate surface area is 373 Å². The molecule has 0 N–H and O–H groups in total. The van der Waals surface area contributed by atoms with E-state index in [0.717, 1.165) is 28.2 Å². The van der Waals surface area contributed by atoms with Crippen molar-refractivity contribution in [2.24, 2.45) is 0 Å². The molecule has 0 unspecified atom stereocenters. The van der Waals surface area contributed by atoms with Gasteiger partial charge in [0.05, 0.1) is 5.41 Å². The van der Waals surface area contributed by atoms with Crippen LogP contribution < -0.4 is 4.90 Å². The van der Waals surface area contributed by atoms with E-state index >= 15 is 0 Å². The summed E-state index contributed by atoms with van der Waals surface area (Å²) in [4.78, 5) is 2.44. The zero-order valence-electron chi connectivity index (χ0n) is 40.1. The van der Waals surface area contributed by atoms with Gasteiger partial charge in [0.2, 0.25) is 0 Å². The third kappa shape index (κ3) is 5.53. The number of aryl methyl sites for hydroxylation is 1. The second-order valence-electron chi connectivity index (χ2n) is 20.4. The lowest BCUT2D eigenvalue weighted by molar-refractivity contribution is 0.586. The van der Waals surface area contributed by atoms with Crippen LogP contribution in [0.2, 0.25) is 0 Å². The van der Waals surface area contributed by atoms with Gasteiger partial charge in [-0.3, -0.25) is 0 Å². The van der Waals surface area contributed by atoms with Gasteiger partial charge >= 0.3 is 0 Å². The standard InChI is InChI=1S/C61H55N/c1-38-21-23-39(24-22-38)40-15-14-16-43(33-40)62(44-27-31-48-46-17-10-12-19-52(46)60(8,9)54(48)36-44)45-28-32-51-47-18-11-13-20-53(47)61(57(51)37-45)55-34-41(58(2,3)4)25-29-49(55)50-30-26-42(35-56(50)61)59(5,6)7/h10-37H,1-9H3/i1D3. The van der Waals surface area contributed by atoms with Crippen LogP contribution in [0.3, 0.4) is 0 Å². The predicted molar refractivity (Wildman–Crippen MR) is 263 cm³/mol. The normalized spacial score (nSPS) is 15.7. The maximum Gasteiger partial charge on any atom is 0.0726 e. The van der Waals surface area contributed by atoms with E-state index in [-0.39, 0.29) is 16.2 Å². The fraction of sp³-hybridized carbons (Fsp3) is 0.213. The van der Waals surface area contributed by atoms with Crippen molar-refractivity contribution in [2.75, 3.05) is 4.90 Å². The first-order valence-corrected chi connectivity index (χ1v) is 22.2. The van der Waals surface area contributed by atoms with Crippen LogP contribution in [-0.4, -0.2) is 0 Å². The van der Waals surface area contributed by atoms with Gasteiger partial charge in [-0.05, 0) is 143 Å². The first-order valence-electron chi connectivity index (χ1n) is 23.7. The summed E-state index contributed by atoms with van der Waals surface area (Å²) in [6.45, 7) is 16.4. The summed E-state index contributed by atoms with van der Waals surface area (Å²) >= 11 is 0. The van der Waals surface area contributed by atoms with E-state index in [0.29, 0.717) is 5.56 Å². The summed E-state index contributed by atoms with van der Waals surface area (Å²) in [6, 6.07) is 62.7. The molecule has 0 radical (unpaired) electrons. The van der Waals surface area contributed by atoms with E-state index in [1.165, 1.54) is 77.9 Å². The molecule has 3 aliphatic rings. The van der Waals surface area contributed by atoms with Crippen LogP contribution in [0.4, 0.5) is 17.1 Å². The van der Waals surface area contributed by atoms with E-state index in [9.17, 15) is 0 Å². The quantitative estimate of drug-likeness (QED) is 0.171. The number of nitrogens with zero attached hydrogens (tertiary/aromatic N) is 1. The van der Waals surface area contributed by atoms with Crippen LogP contribution in [0.1, 0.15) is 110 Å². The fourth-order valence-electron chi connectivity index (χ4n) is 11.0. The van der Waals surface area contributed by atoms with Crippen molar-refractivity contribution in [1.29, 1.82) is 0 Å². The molecule has 62 heavy (non-hydrogen) atoms. The van der Waals surface area contributed by atoms with E-state index < -0.39 is 12.3 Å². The highest BCUT2D eigenvalue weighted by atomic mass is 15.1. The van der Waals surface area contributed by atoms with E-state index in [4.69, 9.17) is 4.11 Å². The molecule has 0 atom stereocenters. The summed E-state index contributed by atoms with van der Waals surface area (Å²) in [5.41, 5.74) is 23.1. The zero-order chi connectivity index (χ0) is 45.4. The van der Waals surface area contributed by atoms with Gasteiger partial charge in [-0.1, -0.05) is 194 Å². The lowest BCUT2D eigenvalue weighted by Gasteiger charge is -2.34. The van der Waals surface area contributed by atoms with Gasteiger partial charge in [-0.2, -0.15) is 0 Å². The van der Waals surface area contributed by atoms with E-state index in [1.807, 2.05) is 12.1 Å². The van der Waals surface area contributed by atoms with Crippen molar-refractivity contribution in [2.45, 2.75) is 83.9 Å². The molecule has 1 nitrogen and oxygen atoms in total. The molecule has 0 saturated heterocycles. The zero-order valence-corrected chi connectivity index (χ0v) is 37.1. The van der Waals surface area contributed by atoms with Crippen molar-refractivity contribution in [3.8, 4) is 44.5 Å². The molecule has 304 valence electrons. The van der Waals surface area contributed by atoms with Crippen LogP contribution in [-0.2, 0) is 21.7 Å². The molecule has 0 bridgehead atoms. The SMILES string of the molecule is [2H]C([2H])([2H])c1ccc(-c2cccc(N(c3ccc4c(c3)C(C)(C)c3ccccc3-4)c3ccc4c(c3)C3(c5ccccc5-4)c4cc(C(C)(C)C)ccc4-c4ccc(C(C)(C)C)cc43)c2)cc1. The maximum atomic E-state index is 7.99. The average Bonchev–Trinajstić information content (AvgIpc) is 3.83. The van der Waals surface area contributed by atoms with Crippen LogP contribution in [0.5, 0.6) is 0 Å². The number of benzene rings is 8. The minimum atomic E-state index is -2.16. The van der Waals surface area contributed by atoms with Crippen molar-refractivity contribution >= 4 is 17.1 Å². The molecule has 0 amide bonds. The Morgan fingerprint density at radius 3 is 1.44 bits per heavy atom. The maximum absolute atomic E-state index is 7.99. The topological polar surface area (TPSA) is 3.24 Å². The average molecular weight is 805 g/mol. The highest BCUT2D eigenvalue weighted by Crippen LogP contribution is 2.64. The summed E-state index contributed by atoms with van der Waals surface area (Å²) in [5.74, 6) is 0. The monoisotopic (exact) mass is 804 g/mol. The summed E-state index contributed by atoms with van der Waals surface area (Å²) in [6.07, 6.45) is 0. The summed E-state index contributed by atoms with van der Waals surface area (Å²) in [7, 11) is 0. The second kappa shape index (κ2) is 13.3. The summed E-state index contributed by atoms with van der Waals surface area (Å²) < 4.78 is 24.0. The smallest absolute Gasteiger partial charge is 0.0726 e. The minimum absolute atomic E-state index is 0.0414. The Morgan fingerprint density at radius 2 is 0.855 bits per heavy atom. The Morgan fingerprint density at radius 1 is 0.387 bits per heavy atom. The van der Waals surface area contributed by atoms with Crippen molar-refractivity contribution in [1.82, 2.24) is 0 Å². The highest BCUT2D eigenvalue weighted by molar-refractivity contribution is 5.97. The van der Waals surface area contributed by atoms with Crippen molar-refractivity contribution in [3.63, 3.8) is 0 Å². The lowest BCUT2D eigenvalue weighted by Crippen LogP contribution is -2.27. The molecular formula is C61H55N. The number of hydrogen-bond acceptors (Lipinski definition) is 1. The van der Waals surface area contributed by atoms with Crippen LogP contribution in [0.15, 0.2) is 170 Å². The predicted octanol–water partition coefficient (Wildman–Crippen LogP) is 16.4. The molecule has 8 aromatic carbocycles. The molecule has 1 spiro atoms. The highest BCUT2D eigenvalue weighted by Gasteiger charge is 2.52. The Hall–Kier alpha value is -6.44. The van der Waals surface area contributed by atoms with Gasteiger partial charge in [0, 0.05) is 26.6 Å². The molecular weight excluding hydrogens is 747 g/mol. The number of fused-ring (bicyclic) bond motifs is 13. The minimum Gasteiger partial charge on any atom is -0.310 e. The Balaban J connectivity index is 1.18. The third-order valence-corrected chi connectivity index (χ3v) is 14.3. The van der Waals surface area contributed by atoms with E-state index in [2.05, 4.69) is 206 Å². The van der Waals surface area contributed by atoms with Crippen molar-refractivity contribution < 1.29 is 4.11 Å². The molecule has 0 fully saturated rings. The van der Waals surface area contributed by atoms with E-state index in [1.54, 1.807) is 12.1 Å². The molecule has 1 heteroatoms. The molecule has 11 rings (SSSR count). The Kier molecular flexibility index (Phi) is 7.54. The fourth-order valence-corrected chi connectivity index (χ4v) is 11.0. The van der Waals surface area contributed by atoms with Crippen LogP contribution >= 0.6 is 0 Å². The van der Waals surface area contributed by atoms with Gasteiger partial charge in [0.25, 0.3) is 0 Å². The largest absolute Gasteiger partial charge is 0.310 e.